The molecule has 1 aromatic heterocycles. The van der Waals surface area contributed by atoms with Gasteiger partial charge in [0.15, 0.2) is 17.5 Å². The molecule has 6 rings (SSSR count). The van der Waals surface area contributed by atoms with Crippen LogP contribution in [0, 0.1) is 5.82 Å². The normalized spacial score (nSPS) is 11.0. The second kappa shape index (κ2) is 8.92. The minimum atomic E-state index is -0.215. The van der Waals surface area contributed by atoms with Crippen LogP contribution in [0.5, 0.6) is 0 Å². The zero-order valence-electron chi connectivity index (χ0n) is 18.8. The molecule has 0 unspecified atom stereocenters. The molecule has 0 saturated carbocycles. The van der Waals surface area contributed by atoms with Crippen molar-refractivity contribution in [1.82, 2.24) is 15.0 Å². The average Bonchev–Trinajstić information content (AvgIpc) is 2.94. The summed E-state index contributed by atoms with van der Waals surface area (Å²) in [4.78, 5) is 14.3. The van der Waals surface area contributed by atoms with Gasteiger partial charge < -0.3 is 0 Å². The van der Waals surface area contributed by atoms with Crippen LogP contribution in [-0.2, 0) is 0 Å². The fourth-order valence-corrected chi connectivity index (χ4v) is 4.25. The van der Waals surface area contributed by atoms with E-state index in [4.69, 9.17) is 15.0 Å². The van der Waals surface area contributed by atoms with Crippen LogP contribution in [0.4, 0.5) is 4.39 Å². The first-order valence-corrected chi connectivity index (χ1v) is 11.4. The molecule has 0 saturated heterocycles. The highest BCUT2D eigenvalue weighted by Gasteiger charge is 2.13. The molecule has 0 aliphatic heterocycles. The van der Waals surface area contributed by atoms with Crippen molar-refractivity contribution in [2.45, 2.75) is 0 Å². The van der Waals surface area contributed by atoms with Gasteiger partial charge in [0.1, 0.15) is 5.82 Å². The van der Waals surface area contributed by atoms with Crippen LogP contribution in [0.3, 0.4) is 0 Å². The lowest BCUT2D eigenvalue weighted by atomic mass is 9.97. The number of aromatic nitrogens is 3. The standard InChI is InChI=1S/C31H20FN3/c32-28-20-19-25(26-13-7-8-14-27(26)28)21-15-17-24(18-16-21)31-34-29(22-9-3-1-4-10-22)33-30(35-31)23-11-5-2-6-12-23/h1-20H. The smallest absolute Gasteiger partial charge is 0.164 e. The van der Waals surface area contributed by atoms with Gasteiger partial charge in [0.2, 0.25) is 0 Å². The third-order valence-corrected chi connectivity index (χ3v) is 6.02. The van der Waals surface area contributed by atoms with Gasteiger partial charge in [-0.1, -0.05) is 115 Å². The maximum Gasteiger partial charge on any atom is 0.164 e. The summed E-state index contributed by atoms with van der Waals surface area (Å²) in [5, 5.41) is 1.50. The van der Waals surface area contributed by atoms with Crippen LogP contribution in [0.2, 0.25) is 0 Å². The molecule has 0 radical (unpaired) electrons. The van der Waals surface area contributed by atoms with Crippen molar-refractivity contribution in [2.24, 2.45) is 0 Å². The van der Waals surface area contributed by atoms with Crippen molar-refractivity contribution in [3.8, 4) is 45.3 Å². The first-order chi connectivity index (χ1) is 17.3. The summed E-state index contributed by atoms with van der Waals surface area (Å²) in [6, 6.07) is 38.8. The van der Waals surface area contributed by atoms with Crippen molar-refractivity contribution in [2.75, 3.05) is 0 Å². The summed E-state index contributed by atoms with van der Waals surface area (Å²) >= 11 is 0. The lowest BCUT2D eigenvalue weighted by molar-refractivity contribution is 0.640. The molecule has 1 heterocycles. The molecule has 35 heavy (non-hydrogen) atoms. The average molecular weight is 454 g/mol. The number of hydrogen-bond donors (Lipinski definition) is 0. The summed E-state index contributed by atoms with van der Waals surface area (Å²) in [5.41, 5.74) is 4.74. The van der Waals surface area contributed by atoms with E-state index in [1.165, 1.54) is 6.07 Å². The monoisotopic (exact) mass is 453 g/mol. The molecule has 0 aliphatic rings. The number of fused-ring (bicyclic) bond motifs is 1. The topological polar surface area (TPSA) is 38.7 Å². The van der Waals surface area contributed by atoms with Crippen molar-refractivity contribution >= 4 is 10.8 Å². The van der Waals surface area contributed by atoms with Crippen molar-refractivity contribution in [1.29, 1.82) is 0 Å². The molecule has 4 heteroatoms. The number of hydrogen-bond acceptors (Lipinski definition) is 3. The Morgan fingerprint density at radius 2 is 0.800 bits per heavy atom. The molecule has 5 aromatic carbocycles. The Balaban J connectivity index is 1.45. The van der Waals surface area contributed by atoms with Crippen molar-refractivity contribution in [3.63, 3.8) is 0 Å². The Labute approximate surface area is 202 Å². The second-order valence-electron chi connectivity index (χ2n) is 8.26. The predicted molar refractivity (Wildman–Crippen MR) is 139 cm³/mol. The fourth-order valence-electron chi connectivity index (χ4n) is 4.25. The molecule has 166 valence electrons. The van der Waals surface area contributed by atoms with Gasteiger partial charge in [0.05, 0.1) is 0 Å². The maximum atomic E-state index is 14.3. The van der Waals surface area contributed by atoms with E-state index in [0.29, 0.717) is 22.9 Å². The molecule has 0 bridgehead atoms. The predicted octanol–water partition coefficient (Wildman–Crippen LogP) is 7.83. The Morgan fingerprint density at radius 3 is 1.34 bits per heavy atom. The SMILES string of the molecule is Fc1ccc(-c2ccc(-c3nc(-c4ccccc4)nc(-c4ccccc4)n3)cc2)c2ccccc12. The van der Waals surface area contributed by atoms with Crippen LogP contribution in [0.1, 0.15) is 0 Å². The summed E-state index contributed by atoms with van der Waals surface area (Å²) in [6.45, 7) is 0. The van der Waals surface area contributed by atoms with E-state index in [0.717, 1.165) is 33.2 Å². The Kier molecular flexibility index (Phi) is 5.32. The van der Waals surface area contributed by atoms with E-state index in [-0.39, 0.29) is 5.82 Å². The van der Waals surface area contributed by atoms with E-state index < -0.39 is 0 Å². The van der Waals surface area contributed by atoms with Gasteiger partial charge in [-0.2, -0.15) is 0 Å². The van der Waals surface area contributed by atoms with Gasteiger partial charge in [-0.15, -0.1) is 0 Å². The van der Waals surface area contributed by atoms with Crippen LogP contribution < -0.4 is 0 Å². The molecule has 3 nitrogen and oxygen atoms in total. The van der Waals surface area contributed by atoms with Crippen LogP contribution in [0.15, 0.2) is 121 Å². The summed E-state index contributed by atoms with van der Waals surface area (Å²) in [6.07, 6.45) is 0. The quantitative estimate of drug-likeness (QED) is 0.273. The van der Waals surface area contributed by atoms with E-state index in [1.54, 1.807) is 0 Å². The third-order valence-electron chi connectivity index (χ3n) is 6.02. The zero-order chi connectivity index (χ0) is 23.6. The van der Waals surface area contributed by atoms with Gasteiger partial charge in [-0.05, 0) is 22.6 Å². The Morgan fingerprint density at radius 1 is 0.371 bits per heavy atom. The molecule has 0 fully saturated rings. The molecule has 0 aliphatic carbocycles. The lowest BCUT2D eigenvalue weighted by Crippen LogP contribution is -2.00. The van der Waals surface area contributed by atoms with E-state index in [1.807, 2.05) is 115 Å². The third kappa shape index (κ3) is 4.06. The number of benzene rings is 5. The van der Waals surface area contributed by atoms with Gasteiger partial charge in [0, 0.05) is 22.1 Å². The minimum Gasteiger partial charge on any atom is -0.208 e. The van der Waals surface area contributed by atoms with Crippen LogP contribution in [0.25, 0.3) is 56.1 Å². The van der Waals surface area contributed by atoms with Crippen molar-refractivity contribution in [3.05, 3.63) is 127 Å². The molecule has 0 spiro atoms. The van der Waals surface area contributed by atoms with Crippen molar-refractivity contribution < 1.29 is 4.39 Å². The van der Waals surface area contributed by atoms with Gasteiger partial charge in [-0.25, -0.2) is 19.3 Å². The Bertz CT molecular complexity index is 1570. The first kappa shape index (κ1) is 20.9. The number of rotatable bonds is 4. The summed E-state index contributed by atoms with van der Waals surface area (Å²) in [7, 11) is 0. The minimum absolute atomic E-state index is 0.215. The fraction of sp³-hybridized carbons (Fsp3) is 0. The summed E-state index contributed by atoms with van der Waals surface area (Å²) < 4.78 is 14.3. The molecule has 0 N–H and O–H groups in total. The van der Waals surface area contributed by atoms with Gasteiger partial charge >= 0.3 is 0 Å². The zero-order valence-corrected chi connectivity index (χ0v) is 18.8. The maximum absolute atomic E-state index is 14.3. The van der Waals surface area contributed by atoms with Crippen LogP contribution in [-0.4, -0.2) is 15.0 Å². The molecule has 6 aromatic rings. The second-order valence-corrected chi connectivity index (χ2v) is 8.26. The molecular weight excluding hydrogens is 433 g/mol. The lowest BCUT2D eigenvalue weighted by Gasteiger charge is -2.10. The first-order valence-electron chi connectivity index (χ1n) is 11.4. The van der Waals surface area contributed by atoms with E-state index in [2.05, 4.69) is 0 Å². The largest absolute Gasteiger partial charge is 0.208 e. The highest BCUT2D eigenvalue weighted by atomic mass is 19.1. The van der Waals surface area contributed by atoms with E-state index >= 15 is 0 Å². The van der Waals surface area contributed by atoms with E-state index in [9.17, 15) is 4.39 Å². The highest BCUT2D eigenvalue weighted by Crippen LogP contribution is 2.32. The number of nitrogens with zero attached hydrogens (tertiary/aromatic N) is 3. The number of halogens is 1. The van der Waals surface area contributed by atoms with Gasteiger partial charge in [0.25, 0.3) is 0 Å². The molecule has 0 atom stereocenters. The van der Waals surface area contributed by atoms with Gasteiger partial charge in [-0.3, -0.25) is 0 Å². The van der Waals surface area contributed by atoms with Crippen LogP contribution >= 0.6 is 0 Å². The highest BCUT2D eigenvalue weighted by molar-refractivity contribution is 5.97. The molecule has 0 amide bonds. The molecular formula is C31H20FN3. The Hall–Kier alpha value is -4.70. The summed E-state index contributed by atoms with van der Waals surface area (Å²) in [5.74, 6) is 1.65.